The standard InChI is InChI=1S/C17H14N4/c1-13-6-5-9-17-19-16(12-20(13)17)14-10-18-21(11-14)15-7-3-2-4-8-15/h2-12H,1H3. The highest BCUT2D eigenvalue weighted by atomic mass is 15.3. The minimum atomic E-state index is 0.937. The first-order chi connectivity index (χ1) is 10.3. The third-order valence-electron chi connectivity index (χ3n) is 3.60. The van der Waals surface area contributed by atoms with E-state index in [-0.39, 0.29) is 0 Å². The van der Waals surface area contributed by atoms with Gasteiger partial charge in [-0.15, -0.1) is 0 Å². The summed E-state index contributed by atoms with van der Waals surface area (Å²) in [6.07, 6.45) is 5.91. The maximum Gasteiger partial charge on any atom is 0.137 e. The molecular formula is C17H14N4. The molecule has 3 heterocycles. The number of aryl methyl sites for hydroxylation is 1. The number of imidazole rings is 1. The van der Waals surface area contributed by atoms with Crippen LogP contribution in [0.5, 0.6) is 0 Å². The largest absolute Gasteiger partial charge is 0.304 e. The van der Waals surface area contributed by atoms with Gasteiger partial charge in [0.2, 0.25) is 0 Å². The Hall–Kier alpha value is -2.88. The van der Waals surface area contributed by atoms with Crippen LogP contribution in [0.3, 0.4) is 0 Å². The zero-order valence-corrected chi connectivity index (χ0v) is 11.6. The van der Waals surface area contributed by atoms with Gasteiger partial charge in [-0.25, -0.2) is 9.67 Å². The van der Waals surface area contributed by atoms with Gasteiger partial charge in [-0.3, -0.25) is 0 Å². The van der Waals surface area contributed by atoms with Crippen LogP contribution in [0, 0.1) is 6.92 Å². The molecule has 0 amide bonds. The molecule has 0 atom stereocenters. The van der Waals surface area contributed by atoms with Crippen molar-refractivity contribution < 1.29 is 0 Å². The van der Waals surface area contributed by atoms with Crippen molar-refractivity contribution in [3.8, 4) is 16.9 Å². The average Bonchev–Trinajstić information content (AvgIpc) is 3.15. The molecule has 0 spiro atoms. The number of nitrogens with zero attached hydrogens (tertiary/aromatic N) is 4. The first-order valence-corrected chi connectivity index (χ1v) is 6.86. The lowest BCUT2D eigenvalue weighted by molar-refractivity contribution is 0.881. The molecule has 0 saturated heterocycles. The number of hydrogen-bond donors (Lipinski definition) is 0. The summed E-state index contributed by atoms with van der Waals surface area (Å²) in [5.74, 6) is 0. The Bertz CT molecular complexity index is 903. The molecule has 0 saturated carbocycles. The van der Waals surface area contributed by atoms with Crippen LogP contribution in [0.4, 0.5) is 0 Å². The average molecular weight is 274 g/mol. The lowest BCUT2D eigenvalue weighted by Gasteiger charge is -1.98. The van der Waals surface area contributed by atoms with Crippen molar-refractivity contribution in [2.45, 2.75) is 6.92 Å². The number of hydrogen-bond acceptors (Lipinski definition) is 2. The zero-order chi connectivity index (χ0) is 14.2. The van der Waals surface area contributed by atoms with E-state index in [0.29, 0.717) is 0 Å². The number of benzene rings is 1. The SMILES string of the molecule is Cc1cccc2nc(-c3cnn(-c4ccccc4)c3)cn12. The summed E-state index contributed by atoms with van der Waals surface area (Å²) >= 11 is 0. The molecule has 4 aromatic rings. The van der Waals surface area contributed by atoms with Crippen LogP contribution in [-0.2, 0) is 0 Å². The number of para-hydroxylation sites is 1. The summed E-state index contributed by atoms with van der Waals surface area (Å²) in [7, 11) is 0. The van der Waals surface area contributed by atoms with Crippen LogP contribution < -0.4 is 0 Å². The highest BCUT2D eigenvalue weighted by molar-refractivity contribution is 5.62. The second-order valence-electron chi connectivity index (χ2n) is 5.03. The number of fused-ring (bicyclic) bond motifs is 1. The predicted molar refractivity (Wildman–Crippen MR) is 82.5 cm³/mol. The van der Waals surface area contributed by atoms with Crippen molar-refractivity contribution in [1.29, 1.82) is 0 Å². The summed E-state index contributed by atoms with van der Waals surface area (Å²) in [6, 6.07) is 16.2. The van der Waals surface area contributed by atoms with Crippen LogP contribution in [0.25, 0.3) is 22.6 Å². The van der Waals surface area contributed by atoms with Crippen molar-refractivity contribution in [3.63, 3.8) is 0 Å². The topological polar surface area (TPSA) is 35.1 Å². The van der Waals surface area contributed by atoms with Gasteiger partial charge in [-0.1, -0.05) is 24.3 Å². The number of aromatic nitrogens is 4. The molecule has 0 radical (unpaired) electrons. The molecule has 4 heteroatoms. The second-order valence-corrected chi connectivity index (χ2v) is 5.03. The number of pyridine rings is 1. The van der Waals surface area contributed by atoms with Gasteiger partial charge in [0.05, 0.1) is 17.6 Å². The van der Waals surface area contributed by atoms with Gasteiger partial charge in [0.1, 0.15) is 5.65 Å². The van der Waals surface area contributed by atoms with Crippen LogP contribution in [-0.4, -0.2) is 19.2 Å². The molecule has 0 aliphatic heterocycles. The molecular weight excluding hydrogens is 260 g/mol. The van der Waals surface area contributed by atoms with Gasteiger partial charge in [0.25, 0.3) is 0 Å². The molecule has 102 valence electrons. The van der Waals surface area contributed by atoms with Crippen molar-refractivity contribution >= 4 is 5.65 Å². The van der Waals surface area contributed by atoms with E-state index in [1.807, 2.05) is 59.5 Å². The van der Waals surface area contributed by atoms with Gasteiger partial charge >= 0.3 is 0 Å². The Balaban J connectivity index is 1.79. The highest BCUT2D eigenvalue weighted by Gasteiger charge is 2.08. The predicted octanol–water partition coefficient (Wildman–Crippen LogP) is 3.50. The Labute approximate surface area is 122 Å². The lowest BCUT2D eigenvalue weighted by Crippen LogP contribution is -1.92. The summed E-state index contributed by atoms with van der Waals surface area (Å²) in [6.45, 7) is 2.08. The quantitative estimate of drug-likeness (QED) is 0.561. The molecule has 0 N–H and O–H groups in total. The first-order valence-electron chi connectivity index (χ1n) is 6.86. The Kier molecular flexibility index (Phi) is 2.60. The van der Waals surface area contributed by atoms with Crippen molar-refractivity contribution in [2.24, 2.45) is 0 Å². The van der Waals surface area contributed by atoms with Crippen molar-refractivity contribution in [2.75, 3.05) is 0 Å². The first kappa shape index (κ1) is 11.9. The normalized spacial score (nSPS) is 11.1. The van der Waals surface area contributed by atoms with E-state index in [4.69, 9.17) is 0 Å². The van der Waals surface area contributed by atoms with Crippen LogP contribution in [0.2, 0.25) is 0 Å². The van der Waals surface area contributed by atoms with Gasteiger partial charge in [0.15, 0.2) is 0 Å². The van der Waals surface area contributed by atoms with Crippen LogP contribution in [0.15, 0.2) is 67.1 Å². The molecule has 1 aromatic carbocycles. The summed E-state index contributed by atoms with van der Waals surface area (Å²) < 4.78 is 3.96. The highest BCUT2D eigenvalue weighted by Crippen LogP contribution is 2.20. The summed E-state index contributed by atoms with van der Waals surface area (Å²) in [4.78, 5) is 4.66. The fourth-order valence-electron chi connectivity index (χ4n) is 2.46. The molecule has 3 aromatic heterocycles. The maximum atomic E-state index is 4.66. The van der Waals surface area contributed by atoms with E-state index in [0.717, 1.165) is 22.6 Å². The van der Waals surface area contributed by atoms with Gasteiger partial charge in [0, 0.05) is 23.7 Å². The fourth-order valence-corrected chi connectivity index (χ4v) is 2.46. The molecule has 4 rings (SSSR count). The Morgan fingerprint density at radius 3 is 2.57 bits per heavy atom. The molecule has 0 fully saturated rings. The Morgan fingerprint density at radius 1 is 0.905 bits per heavy atom. The third kappa shape index (κ3) is 2.01. The lowest BCUT2D eigenvalue weighted by atomic mass is 10.3. The monoisotopic (exact) mass is 274 g/mol. The molecule has 4 nitrogen and oxygen atoms in total. The van der Waals surface area contributed by atoms with Gasteiger partial charge in [-0.05, 0) is 31.2 Å². The molecule has 0 bridgehead atoms. The fraction of sp³-hybridized carbons (Fsp3) is 0.0588. The van der Waals surface area contributed by atoms with Crippen molar-refractivity contribution in [1.82, 2.24) is 19.2 Å². The molecule has 0 unspecified atom stereocenters. The molecule has 21 heavy (non-hydrogen) atoms. The van der Waals surface area contributed by atoms with E-state index < -0.39 is 0 Å². The molecule has 0 aliphatic carbocycles. The Morgan fingerprint density at radius 2 is 1.76 bits per heavy atom. The van der Waals surface area contributed by atoms with Crippen LogP contribution >= 0.6 is 0 Å². The van der Waals surface area contributed by atoms with Gasteiger partial charge in [-0.2, -0.15) is 5.10 Å². The minimum Gasteiger partial charge on any atom is -0.304 e. The smallest absolute Gasteiger partial charge is 0.137 e. The maximum absolute atomic E-state index is 4.66. The van der Waals surface area contributed by atoms with Crippen LogP contribution in [0.1, 0.15) is 5.69 Å². The molecule has 0 aliphatic rings. The zero-order valence-electron chi connectivity index (χ0n) is 11.6. The van der Waals surface area contributed by atoms with E-state index in [1.54, 1.807) is 0 Å². The van der Waals surface area contributed by atoms with E-state index in [2.05, 4.69) is 33.7 Å². The van der Waals surface area contributed by atoms with Crippen molar-refractivity contribution in [3.05, 3.63) is 72.8 Å². The third-order valence-corrected chi connectivity index (χ3v) is 3.60. The minimum absolute atomic E-state index is 0.937. The van der Waals surface area contributed by atoms with Gasteiger partial charge < -0.3 is 4.40 Å². The van der Waals surface area contributed by atoms with E-state index in [9.17, 15) is 0 Å². The van der Waals surface area contributed by atoms with E-state index >= 15 is 0 Å². The second kappa shape index (κ2) is 4.59. The number of rotatable bonds is 2. The summed E-state index contributed by atoms with van der Waals surface area (Å²) in [5, 5.41) is 4.42. The summed E-state index contributed by atoms with van der Waals surface area (Å²) in [5.41, 5.74) is 5.12. The van der Waals surface area contributed by atoms with E-state index in [1.165, 1.54) is 5.69 Å².